The summed E-state index contributed by atoms with van der Waals surface area (Å²) in [5.41, 5.74) is 4.13. The summed E-state index contributed by atoms with van der Waals surface area (Å²) in [5, 5.41) is 3.48. The molecule has 2 aromatic rings. The van der Waals surface area contributed by atoms with Gasteiger partial charge in [-0.15, -0.1) is 24.8 Å². The quantitative estimate of drug-likeness (QED) is 0.603. The number of hydrogen-bond acceptors (Lipinski definition) is 2. The van der Waals surface area contributed by atoms with E-state index in [1.165, 1.54) is 42.4 Å². The van der Waals surface area contributed by atoms with Gasteiger partial charge in [0.1, 0.15) is 0 Å². The van der Waals surface area contributed by atoms with Crippen LogP contribution in [0, 0.1) is 0 Å². The van der Waals surface area contributed by atoms with E-state index in [0.29, 0.717) is 6.04 Å². The summed E-state index contributed by atoms with van der Waals surface area (Å²) in [5.74, 6) is 0. The number of piperazine rings is 1. The first kappa shape index (κ1) is 23.0. The van der Waals surface area contributed by atoms with Gasteiger partial charge < -0.3 is 5.32 Å². The van der Waals surface area contributed by atoms with Crippen LogP contribution in [-0.2, 0) is 0 Å². The van der Waals surface area contributed by atoms with Crippen LogP contribution in [0.1, 0.15) is 44.2 Å². The fraction of sp³-hybridized carbons (Fsp3) is 0.455. The number of hydrogen-bond donors (Lipinski definition) is 1. The summed E-state index contributed by atoms with van der Waals surface area (Å²) >= 11 is 0. The van der Waals surface area contributed by atoms with Crippen LogP contribution in [-0.4, -0.2) is 31.1 Å². The van der Waals surface area contributed by atoms with Crippen LogP contribution < -0.4 is 5.32 Å². The molecule has 0 amide bonds. The van der Waals surface area contributed by atoms with Crippen LogP contribution >= 0.6 is 24.8 Å². The van der Waals surface area contributed by atoms with Crippen molar-refractivity contribution in [3.63, 3.8) is 0 Å². The molecule has 1 heterocycles. The first-order chi connectivity index (χ1) is 11.9. The zero-order valence-corrected chi connectivity index (χ0v) is 17.3. The second-order valence-electron chi connectivity index (χ2n) is 6.79. The lowest BCUT2D eigenvalue weighted by atomic mass is 9.95. The van der Waals surface area contributed by atoms with E-state index in [1.54, 1.807) is 0 Å². The van der Waals surface area contributed by atoms with Crippen molar-refractivity contribution in [1.29, 1.82) is 0 Å². The van der Waals surface area contributed by atoms with Crippen molar-refractivity contribution < 1.29 is 0 Å². The molecule has 2 nitrogen and oxygen atoms in total. The van der Waals surface area contributed by atoms with Crippen LogP contribution in [0.4, 0.5) is 0 Å². The van der Waals surface area contributed by atoms with Gasteiger partial charge in [0.2, 0.25) is 0 Å². The molecule has 0 aliphatic carbocycles. The Morgan fingerprint density at radius 1 is 0.885 bits per heavy atom. The van der Waals surface area contributed by atoms with E-state index in [1.807, 2.05) is 0 Å². The molecular weight excluding hydrogens is 363 g/mol. The average Bonchev–Trinajstić information content (AvgIpc) is 2.67. The highest BCUT2D eigenvalue weighted by Crippen LogP contribution is 2.30. The first-order valence-corrected chi connectivity index (χ1v) is 9.48. The molecule has 144 valence electrons. The van der Waals surface area contributed by atoms with E-state index in [9.17, 15) is 0 Å². The summed E-state index contributed by atoms with van der Waals surface area (Å²) in [6.07, 6.45) is 5.21. The summed E-state index contributed by atoms with van der Waals surface area (Å²) < 4.78 is 0. The molecule has 1 fully saturated rings. The van der Waals surface area contributed by atoms with Gasteiger partial charge in [0.05, 0.1) is 0 Å². The Hall–Kier alpha value is -1.06. The van der Waals surface area contributed by atoms with E-state index < -0.39 is 0 Å². The predicted octanol–water partition coefficient (Wildman–Crippen LogP) is 5.72. The van der Waals surface area contributed by atoms with Crippen LogP contribution in [0.15, 0.2) is 54.6 Å². The van der Waals surface area contributed by atoms with E-state index >= 15 is 0 Å². The molecule has 0 radical (unpaired) electrons. The van der Waals surface area contributed by atoms with Gasteiger partial charge >= 0.3 is 0 Å². The first-order valence-electron chi connectivity index (χ1n) is 9.48. The minimum atomic E-state index is 0. The lowest BCUT2D eigenvalue weighted by molar-refractivity contribution is 0.163. The summed E-state index contributed by atoms with van der Waals surface area (Å²) in [6, 6.07) is 20.5. The van der Waals surface area contributed by atoms with Crippen LogP contribution in [0.3, 0.4) is 0 Å². The highest BCUT2D eigenvalue weighted by molar-refractivity contribution is 5.85. The topological polar surface area (TPSA) is 15.3 Å². The van der Waals surface area contributed by atoms with E-state index in [-0.39, 0.29) is 24.8 Å². The van der Waals surface area contributed by atoms with Gasteiger partial charge in [-0.1, -0.05) is 74.7 Å². The Balaban J connectivity index is 0.00000169. The maximum atomic E-state index is 3.48. The number of halogens is 2. The SMILES string of the molecule is CCCCC[C@@H](c1cccc(-c2ccccc2)c1)N1CCNCC1.Cl.Cl. The van der Waals surface area contributed by atoms with Crippen molar-refractivity contribution in [3.05, 3.63) is 60.2 Å². The maximum absolute atomic E-state index is 3.48. The fourth-order valence-electron chi connectivity index (χ4n) is 3.70. The molecule has 0 aromatic heterocycles. The van der Waals surface area contributed by atoms with Gasteiger partial charge in [-0.2, -0.15) is 0 Å². The highest BCUT2D eigenvalue weighted by Gasteiger charge is 2.22. The van der Waals surface area contributed by atoms with Gasteiger partial charge in [0.15, 0.2) is 0 Å². The second-order valence-corrected chi connectivity index (χ2v) is 6.79. The number of nitrogens with zero attached hydrogens (tertiary/aromatic N) is 1. The molecule has 3 rings (SSSR count). The van der Waals surface area contributed by atoms with Gasteiger partial charge in [0.25, 0.3) is 0 Å². The Bertz CT molecular complexity index is 613. The van der Waals surface area contributed by atoms with Gasteiger partial charge in [0, 0.05) is 32.2 Å². The van der Waals surface area contributed by atoms with Gasteiger partial charge in [-0.3, -0.25) is 4.90 Å². The van der Waals surface area contributed by atoms with Crippen molar-refractivity contribution in [2.45, 2.75) is 38.6 Å². The third-order valence-electron chi connectivity index (χ3n) is 5.05. The number of nitrogens with one attached hydrogen (secondary N) is 1. The Morgan fingerprint density at radius 3 is 2.27 bits per heavy atom. The van der Waals surface area contributed by atoms with Gasteiger partial charge in [-0.05, 0) is 29.2 Å². The zero-order valence-electron chi connectivity index (χ0n) is 15.7. The van der Waals surface area contributed by atoms with Crippen LogP contribution in [0.5, 0.6) is 0 Å². The minimum Gasteiger partial charge on any atom is -0.314 e. The molecule has 1 aliphatic rings. The maximum Gasteiger partial charge on any atom is 0.0349 e. The third-order valence-corrected chi connectivity index (χ3v) is 5.05. The number of unbranched alkanes of at least 4 members (excludes halogenated alkanes) is 2. The van der Waals surface area contributed by atoms with Crippen molar-refractivity contribution in [2.24, 2.45) is 0 Å². The largest absolute Gasteiger partial charge is 0.314 e. The summed E-state index contributed by atoms with van der Waals surface area (Å²) in [4.78, 5) is 2.68. The van der Waals surface area contributed by atoms with E-state index in [2.05, 4.69) is 71.7 Å². The molecular formula is C22H32Cl2N2. The smallest absolute Gasteiger partial charge is 0.0349 e. The lowest BCUT2D eigenvalue weighted by Gasteiger charge is -2.35. The highest BCUT2D eigenvalue weighted by atomic mass is 35.5. The Kier molecular flexibility index (Phi) is 10.9. The van der Waals surface area contributed by atoms with Crippen LogP contribution in [0.2, 0.25) is 0 Å². The van der Waals surface area contributed by atoms with E-state index in [0.717, 1.165) is 26.2 Å². The molecule has 1 N–H and O–H groups in total. The molecule has 0 spiro atoms. The lowest BCUT2D eigenvalue weighted by Crippen LogP contribution is -2.45. The van der Waals surface area contributed by atoms with Crippen molar-refractivity contribution in [1.82, 2.24) is 10.2 Å². The molecule has 1 saturated heterocycles. The molecule has 2 aromatic carbocycles. The zero-order chi connectivity index (χ0) is 16.6. The van der Waals surface area contributed by atoms with Crippen molar-refractivity contribution in [2.75, 3.05) is 26.2 Å². The Labute approximate surface area is 171 Å². The molecule has 0 bridgehead atoms. The number of benzene rings is 2. The fourth-order valence-corrected chi connectivity index (χ4v) is 3.70. The summed E-state index contributed by atoms with van der Waals surface area (Å²) in [6.45, 7) is 6.83. The summed E-state index contributed by atoms with van der Waals surface area (Å²) in [7, 11) is 0. The third kappa shape index (κ3) is 6.28. The second kappa shape index (κ2) is 12.3. The van der Waals surface area contributed by atoms with Gasteiger partial charge in [-0.25, -0.2) is 0 Å². The standard InChI is InChI=1S/C22H30N2.2ClH/c1-2-3-5-13-22(24-16-14-23-15-17-24)21-12-8-11-20(18-21)19-9-6-4-7-10-19;;/h4,6-12,18,22-23H,2-3,5,13-17H2,1H3;2*1H/t22-;;/m0../s1. The number of rotatable bonds is 7. The Morgan fingerprint density at radius 2 is 1.58 bits per heavy atom. The van der Waals surface area contributed by atoms with Crippen LogP contribution in [0.25, 0.3) is 11.1 Å². The molecule has 26 heavy (non-hydrogen) atoms. The van der Waals surface area contributed by atoms with E-state index in [4.69, 9.17) is 0 Å². The van der Waals surface area contributed by atoms with Crippen molar-refractivity contribution >= 4 is 24.8 Å². The molecule has 1 atom stereocenters. The minimum absolute atomic E-state index is 0. The monoisotopic (exact) mass is 394 g/mol. The molecule has 4 heteroatoms. The molecule has 0 saturated carbocycles. The predicted molar refractivity (Wildman–Crippen MR) is 118 cm³/mol. The van der Waals surface area contributed by atoms with Crippen molar-refractivity contribution in [3.8, 4) is 11.1 Å². The molecule has 1 aliphatic heterocycles. The normalized spacial score (nSPS) is 15.6. The molecule has 0 unspecified atom stereocenters. The average molecular weight is 395 g/mol.